The molecule has 1 N–H and O–H groups in total. The molecule has 1 spiro atoms. The van der Waals surface area contributed by atoms with Gasteiger partial charge in [-0.05, 0) is 50.8 Å². The lowest BCUT2D eigenvalue weighted by molar-refractivity contribution is -0.134. The Morgan fingerprint density at radius 2 is 2.09 bits per heavy atom. The Morgan fingerprint density at radius 3 is 2.57 bits per heavy atom. The Morgan fingerprint density at radius 1 is 1.39 bits per heavy atom. The average molecular weight is 320 g/mol. The van der Waals surface area contributed by atoms with Gasteiger partial charge in [-0.1, -0.05) is 0 Å². The molecule has 0 unspecified atom stereocenters. The van der Waals surface area contributed by atoms with Gasteiger partial charge < -0.3 is 10.0 Å². The van der Waals surface area contributed by atoms with E-state index >= 15 is 0 Å². The van der Waals surface area contributed by atoms with Gasteiger partial charge in [0.05, 0.1) is 17.8 Å². The van der Waals surface area contributed by atoms with E-state index in [0.29, 0.717) is 0 Å². The third-order valence-corrected chi connectivity index (χ3v) is 5.69. The van der Waals surface area contributed by atoms with Crippen LogP contribution in [0.4, 0.5) is 0 Å². The Bertz CT molecular complexity index is 577. The van der Waals surface area contributed by atoms with Crippen LogP contribution in [-0.2, 0) is 18.4 Å². The van der Waals surface area contributed by atoms with Gasteiger partial charge in [-0.3, -0.25) is 14.4 Å². The second-order valence-corrected chi connectivity index (χ2v) is 7.69. The van der Waals surface area contributed by atoms with E-state index in [1.54, 1.807) is 6.92 Å². The number of aryl methyl sites for hydroxylation is 1. The normalized spacial score (nSPS) is 27.7. The van der Waals surface area contributed by atoms with E-state index in [1.807, 2.05) is 29.7 Å². The third kappa shape index (κ3) is 3.15. The molecule has 2 saturated heterocycles. The highest BCUT2D eigenvalue weighted by Gasteiger charge is 2.52. The second kappa shape index (κ2) is 5.91. The van der Waals surface area contributed by atoms with Crippen molar-refractivity contribution in [2.24, 2.45) is 12.5 Å². The van der Waals surface area contributed by atoms with Gasteiger partial charge in [-0.2, -0.15) is 5.10 Å². The van der Waals surface area contributed by atoms with E-state index in [2.05, 4.69) is 16.1 Å². The van der Waals surface area contributed by atoms with Crippen LogP contribution in [0.3, 0.4) is 0 Å². The molecule has 0 saturated carbocycles. The summed E-state index contributed by atoms with van der Waals surface area (Å²) in [5, 5.41) is 14.2. The smallest absolute Gasteiger partial charge is 0.219 e. The Balaban J connectivity index is 1.63. The molecule has 0 aliphatic carbocycles. The number of hydrogen-bond acceptors (Lipinski definition) is 4. The number of amides is 1. The first kappa shape index (κ1) is 16.5. The molecule has 2 aliphatic rings. The SMILES string of the molecule is CC(=O)N1CC2(CCN(Cc3ccn(C)n3)CC2)C[C@@]1(C)CO. The number of hydrogen-bond donors (Lipinski definition) is 1. The molecule has 1 amide bonds. The Kier molecular flexibility index (Phi) is 4.23. The van der Waals surface area contributed by atoms with Crippen LogP contribution < -0.4 is 0 Å². The first-order valence-electron chi connectivity index (χ1n) is 8.46. The summed E-state index contributed by atoms with van der Waals surface area (Å²) in [6, 6.07) is 2.07. The number of aromatic nitrogens is 2. The minimum absolute atomic E-state index is 0.0476. The summed E-state index contributed by atoms with van der Waals surface area (Å²) in [6.07, 6.45) is 5.06. The van der Waals surface area contributed by atoms with Gasteiger partial charge in [0.15, 0.2) is 0 Å². The van der Waals surface area contributed by atoms with Crippen molar-refractivity contribution in [1.29, 1.82) is 0 Å². The van der Waals surface area contributed by atoms with Crippen LogP contribution in [-0.4, -0.2) is 62.4 Å². The van der Waals surface area contributed by atoms with Crippen LogP contribution in [0.15, 0.2) is 12.3 Å². The number of nitrogens with zero attached hydrogens (tertiary/aromatic N) is 4. The lowest BCUT2D eigenvalue weighted by Gasteiger charge is -2.39. The minimum Gasteiger partial charge on any atom is -0.394 e. The van der Waals surface area contributed by atoms with E-state index in [0.717, 1.165) is 51.1 Å². The predicted molar refractivity (Wildman–Crippen MR) is 87.6 cm³/mol. The van der Waals surface area contributed by atoms with E-state index in [9.17, 15) is 9.90 Å². The van der Waals surface area contributed by atoms with Gasteiger partial charge in [0.2, 0.25) is 5.91 Å². The molecule has 0 bridgehead atoms. The number of aliphatic hydroxyl groups is 1. The summed E-state index contributed by atoms with van der Waals surface area (Å²) in [4.78, 5) is 16.3. The van der Waals surface area contributed by atoms with Crippen LogP contribution in [0.5, 0.6) is 0 Å². The van der Waals surface area contributed by atoms with Gasteiger partial charge in [-0.15, -0.1) is 0 Å². The molecule has 23 heavy (non-hydrogen) atoms. The molecule has 0 radical (unpaired) electrons. The van der Waals surface area contributed by atoms with Crippen molar-refractivity contribution >= 4 is 5.91 Å². The zero-order valence-corrected chi connectivity index (χ0v) is 14.5. The highest BCUT2D eigenvalue weighted by molar-refractivity contribution is 5.74. The monoisotopic (exact) mass is 320 g/mol. The average Bonchev–Trinajstić information content (AvgIpc) is 3.04. The maximum Gasteiger partial charge on any atom is 0.219 e. The number of piperidine rings is 1. The topological polar surface area (TPSA) is 61.6 Å². The van der Waals surface area contributed by atoms with Crippen molar-refractivity contribution in [3.05, 3.63) is 18.0 Å². The highest BCUT2D eigenvalue weighted by atomic mass is 16.3. The fourth-order valence-corrected chi connectivity index (χ4v) is 4.42. The maximum absolute atomic E-state index is 11.9. The van der Waals surface area contributed by atoms with E-state index in [4.69, 9.17) is 0 Å². The van der Waals surface area contributed by atoms with Crippen LogP contribution in [0.25, 0.3) is 0 Å². The van der Waals surface area contributed by atoms with E-state index in [-0.39, 0.29) is 17.9 Å². The first-order chi connectivity index (χ1) is 10.9. The summed E-state index contributed by atoms with van der Waals surface area (Å²) >= 11 is 0. The van der Waals surface area contributed by atoms with Gasteiger partial charge in [0, 0.05) is 33.3 Å². The molecule has 1 atom stereocenters. The fourth-order valence-electron chi connectivity index (χ4n) is 4.42. The van der Waals surface area contributed by atoms with Gasteiger partial charge in [0.25, 0.3) is 0 Å². The first-order valence-corrected chi connectivity index (χ1v) is 8.46. The Hall–Kier alpha value is -1.40. The summed E-state index contributed by atoms with van der Waals surface area (Å²) in [7, 11) is 1.94. The van der Waals surface area contributed by atoms with Gasteiger partial charge in [0.1, 0.15) is 0 Å². The number of likely N-dealkylation sites (tertiary alicyclic amines) is 2. The number of carbonyl (C=O) groups is 1. The van der Waals surface area contributed by atoms with Crippen LogP contribution in [0.2, 0.25) is 0 Å². The molecule has 6 heteroatoms. The molecule has 1 aromatic rings. The second-order valence-electron chi connectivity index (χ2n) is 7.69. The molecule has 3 heterocycles. The number of aliphatic hydroxyl groups excluding tert-OH is 1. The van der Waals surface area contributed by atoms with Crippen LogP contribution in [0.1, 0.15) is 38.8 Å². The lowest BCUT2D eigenvalue weighted by atomic mass is 9.74. The van der Waals surface area contributed by atoms with E-state index in [1.165, 1.54) is 0 Å². The third-order valence-electron chi connectivity index (χ3n) is 5.69. The molecule has 128 valence electrons. The number of rotatable bonds is 3. The molecular weight excluding hydrogens is 292 g/mol. The molecule has 3 rings (SSSR count). The fraction of sp³-hybridized carbons (Fsp3) is 0.765. The highest BCUT2D eigenvalue weighted by Crippen LogP contribution is 2.48. The van der Waals surface area contributed by atoms with Crippen molar-refractivity contribution in [1.82, 2.24) is 19.6 Å². The standard InChI is InChI=1S/C17H28N4O2/c1-14(23)21-12-17(11-16(21,2)13-22)5-8-20(9-6-17)10-15-4-7-19(3)18-15/h4,7,22H,5-6,8-13H2,1-3H3/t16-/m0/s1. The summed E-state index contributed by atoms with van der Waals surface area (Å²) in [5.41, 5.74) is 0.888. The van der Waals surface area contributed by atoms with Crippen molar-refractivity contribution < 1.29 is 9.90 Å². The van der Waals surface area contributed by atoms with Crippen molar-refractivity contribution in [3.63, 3.8) is 0 Å². The molecule has 2 fully saturated rings. The summed E-state index contributed by atoms with van der Waals surface area (Å²) < 4.78 is 1.84. The molecule has 2 aliphatic heterocycles. The molecule has 6 nitrogen and oxygen atoms in total. The van der Waals surface area contributed by atoms with Crippen LogP contribution in [0, 0.1) is 5.41 Å². The van der Waals surface area contributed by atoms with Crippen LogP contribution >= 0.6 is 0 Å². The van der Waals surface area contributed by atoms with Crippen molar-refractivity contribution in [2.45, 2.75) is 45.2 Å². The molecule has 1 aromatic heterocycles. The quantitative estimate of drug-likeness (QED) is 0.903. The zero-order valence-electron chi connectivity index (χ0n) is 14.5. The zero-order chi connectivity index (χ0) is 16.7. The Labute approximate surface area is 138 Å². The van der Waals surface area contributed by atoms with Gasteiger partial charge >= 0.3 is 0 Å². The summed E-state index contributed by atoms with van der Waals surface area (Å²) in [5.74, 6) is 0.0781. The van der Waals surface area contributed by atoms with Crippen molar-refractivity contribution in [3.8, 4) is 0 Å². The molecule has 0 aromatic carbocycles. The van der Waals surface area contributed by atoms with Gasteiger partial charge in [-0.25, -0.2) is 0 Å². The maximum atomic E-state index is 11.9. The number of carbonyl (C=O) groups excluding carboxylic acids is 1. The molecular formula is C17H28N4O2. The van der Waals surface area contributed by atoms with Crippen molar-refractivity contribution in [2.75, 3.05) is 26.2 Å². The van der Waals surface area contributed by atoms with E-state index < -0.39 is 5.54 Å². The predicted octanol–water partition coefficient (Wildman–Crippen LogP) is 1.01. The minimum atomic E-state index is -0.394. The largest absolute Gasteiger partial charge is 0.394 e. The summed E-state index contributed by atoms with van der Waals surface area (Å²) in [6.45, 7) is 7.42. The lowest BCUT2D eigenvalue weighted by Crippen LogP contribution is -2.46.